The van der Waals surface area contributed by atoms with E-state index in [-0.39, 0.29) is 4.75 Å². The Morgan fingerprint density at radius 2 is 2.21 bits per heavy atom. The number of benzene rings is 1. The Kier molecular flexibility index (Phi) is 7.73. The number of methoxy groups -OCH3 is 1. The Labute approximate surface area is 173 Å². The zero-order valence-electron chi connectivity index (χ0n) is 17.4. The zero-order valence-corrected chi connectivity index (χ0v) is 18.2. The van der Waals surface area contributed by atoms with Crippen LogP contribution in [0.3, 0.4) is 0 Å². The smallest absolute Gasteiger partial charge is 0.191 e. The molecule has 6 nitrogen and oxygen atoms in total. The van der Waals surface area contributed by atoms with E-state index in [1.807, 2.05) is 24.9 Å². The molecule has 1 aromatic rings. The molecule has 1 unspecified atom stereocenters. The molecule has 156 valence electrons. The Hall–Kier alpha value is -1.60. The van der Waals surface area contributed by atoms with Gasteiger partial charge in [-0.05, 0) is 44.1 Å². The van der Waals surface area contributed by atoms with E-state index in [9.17, 15) is 0 Å². The first-order valence-corrected chi connectivity index (χ1v) is 11.4. The van der Waals surface area contributed by atoms with Crippen LogP contribution in [0.5, 0.6) is 5.75 Å². The fraction of sp³-hybridized carbons (Fsp3) is 0.667. The summed E-state index contributed by atoms with van der Waals surface area (Å²) in [5, 5.41) is 7.22. The molecule has 2 fully saturated rings. The minimum atomic E-state index is 0.245. The molecule has 0 spiro atoms. The van der Waals surface area contributed by atoms with Gasteiger partial charge in [0.15, 0.2) is 5.96 Å². The number of anilines is 1. The van der Waals surface area contributed by atoms with Crippen LogP contribution in [0.15, 0.2) is 29.3 Å². The third-order valence-electron chi connectivity index (χ3n) is 5.82. The molecule has 0 aliphatic carbocycles. The van der Waals surface area contributed by atoms with Gasteiger partial charge in [0.1, 0.15) is 5.75 Å². The van der Waals surface area contributed by atoms with Crippen LogP contribution in [-0.4, -0.2) is 70.0 Å². The van der Waals surface area contributed by atoms with Crippen molar-refractivity contribution in [2.24, 2.45) is 4.99 Å². The number of nitrogens with zero attached hydrogens (tertiary/aromatic N) is 2. The van der Waals surface area contributed by atoms with Gasteiger partial charge in [-0.3, -0.25) is 4.99 Å². The summed E-state index contributed by atoms with van der Waals surface area (Å²) < 4.78 is 11.2. The number of hydrogen-bond acceptors (Lipinski definition) is 5. The maximum atomic E-state index is 5.55. The number of rotatable bonds is 6. The third kappa shape index (κ3) is 5.47. The van der Waals surface area contributed by atoms with Gasteiger partial charge in [0.25, 0.3) is 0 Å². The second kappa shape index (κ2) is 10.3. The average Bonchev–Trinajstić information content (AvgIpc) is 2.77. The van der Waals surface area contributed by atoms with E-state index in [4.69, 9.17) is 9.47 Å². The van der Waals surface area contributed by atoms with E-state index in [1.54, 1.807) is 7.11 Å². The second-order valence-corrected chi connectivity index (χ2v) is 8.83. The largest absolute Gasteiger partial charge is 0.497 e. The van der Waals surface area contributed by atoms with E-state index >= 15 is 0 Å². The van der Waals surface area contributed by atoms with Crippen molar-refractivity contribution in [2.75, 3.05) is 58.2 Å². The Morgan fingerprint density at radius 3 is 2.93 bits per heavy atom. The molecule has 2 N–H and O–H groups in total. The van der Waals surface area contributed by atoms with Crippen molar-refractivity contribution in [2.45, 2.75) is 36.5 Å². The maximum absolute atomic E-state index is 5.55. The van der Waals surface area contributed by atoms with Crippen molar-refractivity contribution >= 4 is 23.4 Å². The van der Waals surface area contributed by atoms with Crippen LogP contribution in [0.4, 0.5) is 5.69 Å². The summed E-state index contributed by atoms with van der Waals surface area (Å²) in [6, 6.07) is 8.70. The number of ether oxygens (including phenoxy) is 2. The van der Waals surface area contributed by atoms with Gasteiger partial charge in [0, 0.05) is 62.4 Å². The highest BCUT2D eigenvalue weighted by molar-refractivity contribution is 8.00. The SMILES string of the molecule is CN=C(NCC1(SC)CCOCC1)NC1CCCN(c2cccc(OC)c2)C1. The molecule has 1 atom stereocenters. The van der Waals surface area contributed by atoms with Gasteiger partial charge in [0.05, 0.1) is 7.11 Å². The Balaban J connectivity index is 1.55. The lowest BCUT2D eigenvalue weighted by atomic mass is 9.99. The summed E-state index contributed by atoms with van der Waals surface area (Å²) in [6.45, 7) is 4.67. The van der Waals surface area contributed by atoms with Crippen molar-refractivity contribution in [1.29, 1.82) is 0 Å². The van der Waals surface area contributed by atoms with Gasteiger partial charge >= 0.3 is 0 Å². The fourth-order valence-corrected chi connectivity index (χ4v) is 4.76. The molecular formula is C21H34N4O2S. The molecule has 2 saturated heterocycles. The first kappa shape index (κ1) is 21.1. The van der Waals surface area contributed by atoms with Gasteiger partial charge in [-0.1, -0.05) is 6.07 Å². The van der Waals surface area contributed by atoms with Crippen molar-refractivity contribution < 1.29 is 9.47 Å². The first-order chi connectivity index (χ1) is 13.7. The van der Waals surface area contributed by atoms with Crippen LogP contribution < -0.4 is 20.3 Å². The first-order valence-electron chi connectivity index (χ1n) is 10.2. The monoisotopic (exact) mass is 406 g/mol. The lowest BCUT2D eigenvalue weighted by molar-refractivity contribution is 0.0782. The number of guanidine groups is 1. The lowest BCUT2D eigenvalue weighted by Crippen LogP contribution is -2.53. The predicted octanol–water partition coefficient (Wildman–Crippen LogP) is 2.74. The van der Waals surface area contributed by atoms with Gasteiger partial charge < -0.3 is 25.0 Å². The Bertz CT molecular complexity index is 649. The van der Waals surface area contributed by atoms with Crippen LogP contribution in [0.2, 0.25) is 0 Å². The quantitative estimate of drug-likeness (QED) is 0.560. The minimum Gasteiger partial charge on any atom is -0.497 e. The minimum absolute atomic E-state index is 0.245. The van der Waals surface area contributed by atoms with E-state index in [0.29, 0.717) is 6.04 Å². The zero-order chi connectivity index (χ0) is 19.8. The molecule has 0 amide bonds. The molecule has 0 radical (unpaired) electrons. The number of aliphatic imine (C=N–C) groups is 1. The van der Waals surface area contributed by atoms with Gasteiger partial charge in [-0.15, -0.1) is 0 Å². The van der Waals surface area contributed by atoms with Crippen LogP contribution in [-0.2, 0) is 4.74 Å². The molecule has 7 heteroatoms. The van der Waals surface area contributed by atoms with Crippen LogP contribution >= 0.6 is 11.8 Å². The topological polar surface area (TPSA) is 58.1 Å². The van der Waals surface area contributed by atoms with Crippen LogP contribution in [0.1, 0.15) is 25.7 Å². The van der Waals surface area contributed by atoms with Gasteiger partial charge in [-0.2, -0.15) is 11.8 Å². The standard InChI is InChI=1S/C21H34N4O2S/c1-22-20(23-16-21(28-3)9-12-27-13-10-21)24-17-6-5-11-25(15-17)18-7-4-8-19(14-18)26-2/h4,7-8,14,17H,5-6,9-13,15-16H2,1-3H3,(H2,22,23,24). The van der Waals surface area contributed by atoms with Gasteiger partial charge in [-0.25, -0.2) is 0 Å². The Morgan fingerprint density at radius 1 is 1.39 bits per heavy atom. The molecule has 2 aliphatic rings. The molecule has 1 aromatic carbocycles. The predicted molar refractivity (Wildman–Crippen MR) is 119 cm³/mol. The number of thioether (sulfide) groups is 1. The molecule has 0 saturated carbocycles. The normalized spacial score (nSPS) is 22.6. The molecular weight excluding hydrogens is 372 g/mol. The second-order valence-electron chi connectivity index (χ2n) is 7.56. The maximum Gasteiger partial charge on any atom is 0.191 e. The highest BCUT2D eigenvalue weighted by Crippen LogP contribution is 2.33. The van der Waals surface area contributed by atoms with Crippen molar-refractivity contribution in [3.63, 3.8) is 0 Å². The van der Waals surface area contributed by atoms with Gasteiger partial charge in [0.2, 0.25) is 0 Å². The van der Waals surface area contributed by atoms with E-state index in [1.165, 1.54) is 5.69 Å². The molecule has 28 heavy (non-hydrogen) atoms. The summed E-state index contributed by atoms with van der Waals surface area (Å²) in [6.07, 6.45) is 6.70. The van der Waals surface area contributed by atoms with E-state index in [2.05, 4.69) is 45.0 Å². The van der Waals surface area contributed by atoms with Crippen LogP contribution in [0, 0.1) is 0 Å². The summed E-state index contributed by atoms with van der Waals surface area (Å²) in [4.78, 5) is 6.90. The third-order valence-corrected chi connectivity index (χ3v) is 7.24. The molecule has 0 bridgehead atoms. The summed E-state index contributed by atoms with van der Waals surface area (Å²) in [5.74, 6) is 1.81. The number of nitrogens with one attached hydrogen (secondary N) is 2. The molecule has 2 aliphatic heterocycles. The summed E-state index contributed by atoms with van der Waals surface area (Å²) >= 11 is 1.95. The molecule has 2 heterocycles. The molecule has 0 aromatic heterocycles. The number of hydrogen-bond donors (Lipinski definition) is 2. The lowest BCUT2D eigenvalue weighted by Gasteiger charge is -2.38. The fourth-order valence-electron chi connectivity index (χ4n) is 3.97. The van der Waals surface area contributed by atoms with Crippen molar-refractivity contribution in [3.05, 3.63) is 24.3 Å². The number of piperidine rings is 1. The molecule has 3 rings (SSSR count). The van der Waals surface area contributed by atoms with E-state index < -0.39 is 0 Å². The van der Waals surface area contributed by atoms with E-state index in [0.717, 1.165) is 70.2 Å². The van der Waals surface area contributed by atoms with Crippen LogP contribution in [0.25, 0.3) is 0 Å². The summed E-state index contributed by atoms with van der Waals surface area (Å²) in [7, 11) is 3.57. The highest BCUT2D eigenvalue weighted by Gasteiger charge is 2.32. The average molecular weight is 407 g/mol. The van der Waals surface area contributed by atoms with Crippen molar-refractivity contribution in [1.82, 2.24) is 10.6 Å². The van der Waals surface area contributed by atoms with Crippen molar-refractivity contribution in [3.8, 4) is 5.75 Å². The summed E-state index contributed by atoms with van der Waals surface area (Å²) in [5.41, 5.74) is 1.22. The highest BCUT2D eigenvalue weighted by atomic mass is 32.2.